The Kier molecular flexibility index (Phi) is 6.48. The highest BCUT2D eigenvalue weighted by molar-refractivity contribution is 6.10. The van der Waals surface area contributed by atoms with Crippen LogP contribution >= 0.6 is 0 Å². The summed E-state index contributed by atoms with van der Waals surface area (Å²) in [4.78, 5) is 40.5. The van der Waals surface area contributed by atoms with E-state index in [1.807, 2.05) is 48.5 Å². The number of fused-ring (bicyclic) bond motifs is 2. The minimum Gasteiger partial charge on any atom is -0.347 e. The minimum atomic E-state index is -0.795. The molecule has 5 rings (SSSR count). The monoisotopic (exact) mass is 468 g/mol. The molecule has 2 aliphatic rings. The number of carbonyl (C=O) groups is 3. The van der Waals surface area contributed by atoms with Crippen molar-refractivity contribution in [2.75, 3.05) is 16.8 Å². The molecule has 0 spiro atoms. The van der Waals surface area contributed by atoms with Gasteiger partial charge >= 0.3 is 6.03 Å². The summed E-state index contributed by atoms with van der Waals surface area (Å²) in [7, 11) is 0. The Balaban J connectivity index is 1.37. The number of aryl methyl sites for hydroxylation is 1. The molecular formula is C28H28N4O3. The van der Waals surface area contributed by atoms with Gasteiger partial charge in [0, 0.05) is 6.42 Å². The Hall–Kier alpha value is -4.13. The first-order valence-electron chi connectivity index (χ1n) is 12.0. The molecule has 178 valence electrons. The molecule has 0 bridgehead atoms. The van der Waals surface area contributed by atoms with Crippen LogP contribution in [-0.4, -0.2) is 30.4 Å². The predicted molar refractivity (Wildman–Crippen MR) is 135 cm³/mol. The van der Waals surface area contributed by atoms with E-state index in [1.165, 1.54) is 10.5 Å². The van der Waals surface area contributed by atoms with Crippen molar-refractivity contribution in [2.24, 2.45) is 0 Å². The molecule has 1 aliphatic carbocycles. The summed E-state index contributed by atoms with van der Waals surface area (Å²) >= 11 is 0. The molecule has 35 heavy (non-hydrogen) atoms. The number of carbonyl (C=O) groups excluding carboxylic acids is 3. The standard InChI is InChI=1S/C28H28N4O3/c33-26-18-32(25-16-7-6-14-23(25)29-26)28(35)31-24(17-19-9-2-1-3-10-19)27(34)30-22-15-8-12-20-11-4-5-13-21(20)22/h1-7,9-11,13-14,16,22,24H,8,12,15,17-18H2,(H,29,33)(H,30,34)(H,31,35)/t22-,24+/m1/s1. The smallest absolute Gasteiger partial charge is 0.323 e. The fourth-order valence-corrected chi connectivity index (χ4v) is 4.88. The second-order valence-corrected chi connectivity index (χ2v) is 9.00. The van der Waals surface area contributed by atoms with Gasteiger partial charge < -0.3 is 16.0 Å². The Bertz CT molecular complexity index is 1240. The van der Waals surface area contributed by atoms with Gasteiger partial charge in [-0.3, -0.25) is 14.5 Å². The van der Waals surface area contributed by atoms with E-state index in [2.05, 4.69) is 28.1 Å². The average molecular weight is 469 g/mol. The van der Waals surface area contributed by atoms with E-state index in [0.717, 1.165) is 30.4 Å². The van der Waals surface area contributed by atoms with Crippen molar-refractivity contribution in [3.05, 3.63) is 95.6 Å². The zero-order chi connectivity index (χ0) is 24.2. The number of rotatable bonds is 5. The molecule has 2 atom stereocenters. The Morgan fingerprint density at radius 2 is 1.71 bits per heavy atom. The molecule has 4 amide bonds. The first-order valence-corrected chi connectivity index (χ1v) is 12.0. The number of amides is 4. The molecule has 0 saturated carbocycles. The lowest BCUT2D eigenvalue weighted by Crippen LogP contribution is -2.55. The summed E-state index contributed by atoms with van der Waals surface area (Å²) in [6.45, 7) is -0.113. The van der Waals surface area contributed by atoms with Gasteiger partial charge in [0.15, 0.2) is 0 Å². The van der Waals surface area contributed by atoms with Crippen molar-refractivity contribution in [1.29, 1.82) is 0 Å². The van der Waals surface area contributed by atoms with Gasteiger partial charge in [0.2, 0.25) is 11.8 Å². The fourth-order valence-electron chi connectivity index (χ4n) is 4.88. The highest BCUT2D eigenvalue weighted by Crippen LogP contribution is 2.30. The summed E-state index contributed by atoms with van der Waals surface area (Å²) in [5.74, 6) is -0.514. The van der Waals surface area contributed by atoms with Gasteiger partial charge in [0.1, 0.15) is 12.6 Å². The molecule has 0 saturated heterocycles. The minimum absolute atomic E-state index is 0.0934. The second-order valence-electron chi connectivity index (χ2n) is 9.00. The average Bonchev–Trinajstić information content (AvgIpc) is 2.88. The number of hydrogen-bond donors (Lipinski definition) is 3. The Labute approximate surface area is 204 Å². The zero-order valence-corrected chi connectivity index (χ0v) is 19.4. The zero-order valence-electron chi connectivity index (χ0n) is 19.4. The van der Waals surface area contributed by atoms with Crippen LogP contribution in [0.1, 0.15) is 35.6 Å². The summed E-state index contributed by atoms with van der Waals surface area (Å²) in [6, 6.07) is 23.6. The van der Waals surface area contributed by atoms with Gasteiger partial charge in [0.05, 0.1) is 17.4 Å². The number of urea groups is 1. The second kappa shape index (κ2) is 10.0. The molecule has 3 N–H and O–H groups in total. The maximum atomic E-state index is 13.5. The quantitative estimate of drug-likeness (QED) is 0.529. The third-order valence-corrected chi connectivity index (χ3v) is 6.60. The van der Waals surface area contributed by atoms with E-state index < -0.39 is 12.1 Å². The van der Waals surface area contributed by atoms with E-state index in [9.17, 15) is 14.4 Å². The first-order chi connectivity index (χ1) is 17.1. The number of hydrogen-bond acceptors (Lipinski definition) is 3. The maximum Gasteiger partial charge on any atom is 0.323 e. The molecule has 7 nitrogen and oxygen atoms in total. The molecule has 0 aromatic heterocycles. The van der Waals surface area contributed by atoms with Crippen LogP contribution in [-0.2, 0) is 22.4 Å². The van der Waals surface area contributed by atoms with E-state index in [1.54, 1.807) is 18.2 Å². The van der Waals surface area contributed by atoms with Crippen LogP contribution in [0, 0.1) is 0 Å². The molecule has 0 unspecified atom stereocenters. The number of nitrogens with zero attached hydrogens (tertiary/aromatic N) is 1. The molecule has 1 heterocycles. The van der Waals surface area contributed by atoms with Crippen molar-refractivity contribution >= 4 is 29.2 Å². The summed E-state index contributed by atoms with van der Waals surface area (Å²) < 4.78 is 0. The van der Waals surface area contributed by atoms with Gasteiger partial charge in [-0.1, -0.05) is 66.7 Å². The lowest BCUT2D eigenvalue weighted by atomic mass is 9.87. The highest BCUT2D eigenvalue weighted by Gasteiger charge is 2.31. The third-order valence-electron chi connectivity index (χ3n) is 6.60. The van der Waals surface area contributed by atoms with Gasteiger partial charge in [-0.25, -0.2) is 4.79 Å². The molecule has 1 aliphatic heterocycles. The predicted octanol–water partition coefficient (Wildman–Crippen LogP) is 3.96. The Morgan fingerprint density at radius 1 is 0.971 bits per heavy atom. The highest BCUT2D eigenvalue weighted by atomic mass is 16.2. The van der Waals surface area contributed by atoms with E-state index >= 15 is 0 Å². The van der Waals surface area contributed by atoms with Gasteiger partial charge in [-0.15, -0.1) is 0 Å². The van der Waals surface area contributed by atoms with Crippen LogP contribution in [0.2, 0.25) is 0 Å². The van der Waals surface area contributed by atoms with Gasteiger partial charge in [0.25, 0.3) is 0 Å². The van der Waals surface area contributed by atoms with Crippen molar-refractivity contribution in [1.82, 2.24) is 10.6 Å². The van der Waals surface area contributed by atoms with E-state index in [4.69, 9.17) is 0 Å². The normalized spacial score (nSPS) is 17.4. The van der Waals surface area contributed by atoms with Crippen LogP contribution in [0.3, 0.4) is 0 Å². The summed E-state index contributed by atoms with van der Waals surface area (Å²) in [6.07, 6.45) is 3.20. The molecule has 7 heteroatoms. The van der Waals surface area contributed by atoms with Crippen LogP contribution in [0.5, 0.6) is 0 Å². The van der Waals surface area contributed by atoms with Crippen LogP contribution in [0.15, 0.2) is 78.9 Å². The van der Waals surface area contributed by atoms with Crippen molar-refractivity contribution in [3.63, 3.8) is 0 Å². The fraction of sp³-hybridized carbons (Fsp3) is 0.250. The number of para-hydroxylation sites is 2. The lowest BCUT2D eigenvalue weighted by molar-refractivity contribution is -0.123. The lowest BCUT2D eigenvalue weighted by Gasteiger charge is -2.32. The number of nitrogens with one attached hydrogen (secondary N) is 3. The van der Waals surface area contributed by atoms with Crippen LogP contribution in [0.25, 0.3) is 0 Å². The van der Waals surface area contributed by atoms with Crippen LogP contribution in [0.4, 0.5) is 16.2 Å². The molecular weight excluding hydrogens is 440 g/mol. The van der Waals surface area contributed by atoms with Crippen molar-refractivity contribution < 1.29 is 14.4 Å². The molecule has 3 aromatic rings. The first kappa shape index (κ1) is 22.7. The van der Waals surface area contributed by atoms with Crippen molar-refractivity contribution in [2.45, 2.75) is 37.8 Å². The maximum absolute atomic E-state index is 13.5. The van der Waals surface area contributed by atoms with Crippen molar-refractivity contribution in [3.8, 4) is 0 Å². The third kappa shape index (κ3) is 5.04. The van der Waals surface area contributed by atoms with Crippen LogP contribution < -0.4 is 20.9 Å². The van der Waals surface area contributed by atoms with Gasteiger partial charge in [-0.05, 0) is 48.1 Å². The van der Waals surface area contributed by atoms with Gasteiger partial charge in [-0.2, -0.15) is 0 Å². The van der Waals surface area contributed by atoms with E-state index in [-0.39, 0.29) is 24.4 Å². The SMILES string of the molecule is O=C1CN(C(=O)N[C@@H](Cc2ccccc2)C(=O)N[C@@H]2CCCc3ccccc32)c2ccccc2N1. The summed E-state index contributed by atoms with van der Waals surface area (Å²) in [5, 5.41) is 8.87. The largest absolute Gasteiger partial charge is 0.347 e. The van der Waals surface area contributed by atoms with E-state index in [0.29, 0.717) is 17.8 Å². The number of benzene rings is 3. The topological polar surface area (TPSA) is 90.5 Å². The number of anilines is 2. The molecule has 0 fully saturated rings. The molecule has 3 aromatic carbocycles. The summed E-state index contributed by atoms with van der Waals surface area (Å²) in [5.41, 5.74) is 4.50. The Morgan fingerprint density at radius 3 is 2.57 bits per heavy atom. The molecule has 0 radical (unpaired) electrons.